The molecule has 0 amide bonds. The molecule has 108 valence electrons. The van der Waals surface area contributed by atoms with Gasteiger partial charge in [-0.25, -0.2) is 8.42 Å². The van der Waals surface area contributed by atoms with Crippen LogP contribution in [0.1, 0.15) is 12.5 Å². The summed E-state index contributed by atoms with van der Waals surface area (Å²) in [7, 11) is -2.07. The summed E-state index contributed by atoms with van der Waals surface area (Å²) in [6.07, 6.45) is 0. The Morgan fingerprint density at radius 2 is 2.11 bits per heavy atom. The summed E-state index contributed by atoms with van der Waals surface area (Å²) < 4.78 is 31.1. The van der Waals surface area contributed by atoms with Crippen LogP contribution in [0.25, 0.3) is 0 Å². The second kappa shape index (κ2) is 7.21. The first-order chi connectivity index (χ1) is 8.97. The van der Waals surface area contributed by atoms with E-state index in [1.807, 2.05) is 0 Å². The van der Waals surface area contributed by atoms with Crippen LogP contribution in [0.2, 0.25) is 5.02 Å². The SMILES string of the molecule is CCN(CCOC)S(=O)(=O)c1ccc(CN)cc1Cl. The van der Waals surface area contributed by atoms with Gasteiger partial charge in [-0.05, 0) is 17.7 Å². The van der Waals surface area contributed by atoms with Gasteiger partial charge in [0.25, 0.3) is 0 Å². The minimum atomic E-state index is -3.60. The molecule has 0 aliphatic rings. The fourth-order valence-corrected chi connectivity index (χ4v) is 3.63. The third-order valence-corrected chi connectivity index (χ3v) is 5.20. The molecule has 1 aromatic rings. The van der Waals surface area contributed by atoms with Crippen molar-refractivity contribution in [3.8, 4) is 0 Å². The molecule has 1 rings (SSSR count). The van der Waals surface area contributed by atoms with Crippen LogP contribution in [-0.4, -0.2) is 39.5 Å². The topological polar surface area (TPSA) is 72.6 Å². The number of nitrogens with two attached hydrogens (primary N) is 1. The maximum atomic E-state index is 12.4. The summed E-state index contributed by atoms with van der Waals surface area (Å²) in [5.74, 6) is 0. The number of benzene rings is 1. The molecule has 1 aromatic carbocycles. The minimum absolute atomic E-state index is 0.101. The van der Waals surface area contributed by atoms with Crippen LogP contribution < -0.4 is 5.73 Å². The van der Waals surface area contributed by atoms with E-state index in [0.717, 1.165) is 5.56 Å². The van der Waals surface area contributed by atoms with Gasteiger partial charge in [0.1, 0.15) is 4.90 Å². The molecule has 0 atom stereocenters. The molecule has 0 unspecified atom stereocenters. The number of hydrogen-bond acceptors (Lipinski definition) is 4. The molecular formula is C12H19ClN2O3S. The second-order valence-corrected chi connectivity index (χ2v) is 6.27. The Morgan fingerprint density at radius 3 is 2.58 bits per heavy atom. The van der Waals surface area contributed by atoms with E-state index < -0.39 is 10.0 Å². The molecule has 0 bridgehead atoms. The average Bonchev–Trinajstić information content (AvgIpc) is 2.38. The maximum absolute atomic E-state index is 12.4. The fourth-order valence-electron chi connectivity index (χ4n) is 1.66. The molecule has 0 heterocycles. The van der Waals surface area contributed by atoms with Crippen molar-refractivity contribution < 1.29 is 13.2 Å². The zero-order chi connectivity index (χ0) is 14.5. The quantitative estimate of drug-likeness (QED) is 0.827. The highest BCUT2D eigenvalue weighted by atomic mass is 35.5. The average molecular weight is 307 g/mol. The maximum Gasteiger partial charge on any atom is 0.244 e. The molecule has 0 aliphatic carbocycles. The Balaban J connectivity index is 3.11. The van der Waals surface area contributed by atoms with Gasteiger partial charge in [-0.3, -0.25) is 0 Å². The monoisotopic (exact) mass is 306 g/mol. The molecule has 0 radical (unpaired) electrons. The number of halogens is 1. The lowest BCUT2D eigenvalue weighted by Crippen LogP contribution is -2.33. The van der Waals surface area contributed by atoms with Crippen LogP contribution in [0, 0.1) is 0 Å². The van der Waals surface area contributed by atoms with E-state index in [1.165, 1.54) is 17.5 Å². The molecule has 5 nitrogen and oxygen atoms in total. The number of sulfonamides is 1. The summed E-state index contributed by atoms with van der Waals surface area (Å²) >= 11 is 6.04. The van der Waals surface area contributed by atoms with Gasteiger partial charge in [0.05, 0.1) is 11.6 Å². The van der Waals surface area contributed by atoms with Gasteiger partial charge in [-0.2, -0.15) is 4.31 Å². The molecule has 0 fully saturated rings. The van der Waals surface area contributed by atoms with Crippen molar-refractivity contribution >= 4 is 21.6 Å². The van der Waals surface area contributed by atoms with Crippen LogP contribution in [0.4, 0.5) is 0 Å². The predicted octanol–water partition coefficient (Wildman–Crippen LogP) is 1.46. The Kier molecular flexibility index (Phi) is 6.22. The van der Waals surface area contributed by atoms with Crippen molar-refractivity contribution in [2.75, 3.05) is 26.8 Å². The summed E-state index contributed by atoms with van der Waals surface area (Å²) in [6, 6.07) is 4.75. The highest BCUT2D eigenvalue weighted by molar-refractivity contribution is 7.89. The zero-order valence-electron chi connectivity index (χ0n) is 11.1. The van der Waals surface area contributed by atoms with Crippen LogP contribution in [0.3, 0.4) is 0 Å². The van der Waals surface area contributed by atoms with Crippen molar-refractivity contribution in [2.24, 2.45) is 5.73 Å². The summed E-state index contributed by atoms with van der Waals surface area (Å²) in [5.41, 5.74) is 6.29. The molecule has 7 heteroatoms. The van der Waals surface area contributed by atoms with Gasteiger partial charge in [-0.1, -0.05) is 24.6 Å². The van der Waals surface area contributed by atoms with Crippen LogP contribution in [0.5, 0.6) is 0 Å². The van der Waals surface area contributed by atoms with E-state index in [2.05, 4.69) is 0 Å². The van der Waals surface area contributed by atoms with Crippen LogP contribution in [-0.2, 0) is 21.3 Å². The lowest BCUT2D eigenvalue weighted by molar-refractivity contribution is 0.180. The number of hydrogen-bond donors (Lipinski definition) is 1. The lowest BCUT2D eigenvalue weighted by Gasteiger charge is -2.20. The van der Waals surface area contributed by atoms with Crippen molar-refractivity contribution in [3.05, 3.63) is 28.8 Å². The van der Waals surface area contributed by atoms with Crippen molar-refractivity contribution in [3.63, 3.8) is 0 Å². The van der Waals surface area contributed by atoms with E-state index in [1.54, 1.807) is 19.1 Å². The Bertz CT molecular complexity index is 520. The van der Waals surface area contributed by atoms with Crippen molar-refractivity contribution in [1.29, 1.82) is 0 Å². The third kappa shape index (κ3) is 3.90. The van der Waals surface area contributed by atoms with Gasteiger partial charge in [0, 0.05) is 26.7 Å². The molecule has 2 N–H and O–H groups in total. The molecule has 0 saturated heterocycles. The molecule has 0 spiro atoms. The van der Waals surface area contributed by atoms with E-state index in [0.29, 0.717) is 26.2 Å². The highest BCUT2D eigenvalue weighted by Crippen LogP contribution is 2.25. The third-order valence-electron chi connectivity index (χ3n) is 2.75. The molecule has 0 saturated carbocycles. The van der Waals surface area contributed by atoms with Gasteiger partial charge in [-0.15, -0.1) is 0 Å². The Morgan fingerprint density at radius 1 is 1.42 bits per heavy atom. The van der Waals surface area contributed by atoms with Crippen LogP contribution >= 0.6 is 11.6 Å². The minimum Gasteiger partial charge on any atom is -0.383 e. The number of rotatable bonds is 7. The van der Waals surface area contributed by atoms with Crippen molar-refractivity contribution in [2.45, 2.75) is 18.4 Å². The summed E-state index contributed by atoms with van der Waals surface area (Å²) in [6.45, 7) is 3.09. The van der Waals surface area contributed by atoms with Gasteiger partial charge < -0.3 is 10.5 Å². The first-order valence-electron chi connectivity index (χ1n) is 5.95. The number of likely N-dealkylation sites (N-methyl/N-ethyl adjacent to an activating group) is 1. The number of ether oxygens (including phenoxy) is 1. The molecule has 0 aliphatic heterocycles. The van der Waals surface area contributed by atoms with Gasteiger partial charge in [0.2, 0.25) is 10.0 Å². The van der Waals surface area contributed by atoms with Gasteiger partial charge in [0.15, 0.2) is 0 Å². The Labute approximate surface area is 119 Å². The van der Waals surface area contributed by atoms with E-state index in [-0.39, 0.29) is 9.92 Å². The van der Waals surface area contributed by atoms with E-state index in [9.17, 15) is 8.42 Å². The van der Waals surface area contributed by atoms with E-state index >= 15 is 0 Å². The summed E-state index contributed by atoms with van der Waals surface area (Å²) in [5, 5.41) is 0.193. The van der Waals surface area contributed by atoms with Crippen LogP contribution in [0.15, 0.2) is 23.1 Å². The van der Waals surface area contributed by atoms with Gasteiger partial charge >= 0.3 is 0 Å². The lowest BCUT2D eigenvalue weighted by atomic mass is 10.2. The number of nitrogens with zero attached hydrogens (tertiary/aromatic N) is 1. The molecular weight excluding hydrogens is 288 g/mol. The largest absolute Gasteiger partial charge is 0.383 e. The molecule has 0 aromatic heterocycles. The molecule has 19 heavy (non-hydrogen) atoms. The van der Waals surface area contributed by atoms with Crippen molar-refractivity contribution in [1.82, 2.24) is 4.31 Å². The zero-order valence-corrected chi connectivity index (χ0v) is 12.7. The van der Waals surface area contributed by atoms with E-state index in [4.69, 9.17) is 22.1 Å². The Hall–Kier alpha value is -0.660. The summed E-state index contributed by atoms with van der Waals surface area (Å²) in [4.78, 5) is 0.101. The first-order valence-corrected chi connectivity index (χ1v) is 7.76. The predicted molar refractivity (Wildman–Crippen MR) is 75.7 cm³/mol. The normalized spacial score (nSPS) is 12.1. The second-order valence-electron chi connectivity index (χ2n) is 3.96. The standard InChI is InChI=1S/C12H19ClN2O3S/c1-3-15(6-7-18-2)19(16,17)12-5-4-10(9-14)8-11(12)13/h4-5,8H,3,6-7,9,14H2,1-2H3. The number of methoxy groups -OCH3 is 1. The first kappa shape index (κ1) is 16.4. The highest BCUT2D eigenvalue weighted by Gasteiger charge is 2.25. The fraction of sp³-hybridized carbons (Fsp3) is 0.500. The smallest absolute Gasteiger partial charge is 0.244 e.